The molecule has 1 atom stereocenters. The van der Waals surface area contributed by atoms with Crippen LogP contribution >= 0.6 is 24.2 Å². The number of halogens is 4. The minimum Gasteiger partial charge on any atom is -0.340 e. The molecule has 0 aliphatic rings. The zero-order valence-corrected chi connectivity index (χ0v) is 16.0. The number of benzene rings is 1. The van der Waals surface area contributed by atoms with Gasteiger partial charge in [0.25, 0.3) is 0 Å². The van der Waals surface area contributed by atoms with Crippen LogP contribution in [0, 0.1) is 0 Å². The summed E-state index contributed by atoms with van der Waals surface area (Å²) < 4.78 is 37.5. The number of aromatic nitrogens is 1. The van der Waals surface area contributed by atoms with Gasteiger partial charge in [-0.1, -0.05) is 0 Å². The van der Waals surface area contributed by atoms with Crippen LogP contribution in [-0.2, 0) is 11.0 Å². The van der Waals surface area contributed by atoms with Gasteiger partial charge in [-0.2, -0.15) is 24.9 Å². The molecule has 1 amide bonds. The van der Waals surface area contributed by atoms with Crippen molar-refractivity contribution in [3.05, 3.63) is 48.2 Å². The van der Waals surface area contributed by atoms with E-state index in [-0.39, 0.29) is 24.1 Å². The van der Waals surface area contributed by atoms with Gasteiger partial charge >= 0.3 is 6.18 Å². The minimum atomic E-state index is -4.41. The fourth-order valence-electron chi connectivity index (χ4n) is 2.03. The molecule has 1 aromatic carbocycles. The molecule has 148 valence electrons. The number of nitrogens with zero attached hydrogens (tertiary/aromatic N) is 1. The van der Waals surface area contributed by atoms with Crippen molar-refractivity contribution < 1.29 is 18.0 Å². The second-order valence-electron chi connectivity index (χ2n) is 5.51. The Balaban J connectivity index is 0.00000364. The second kappa shape index (κ2) is 10.4. The molecule has 1 heterocycles. The summed E-state index contributed by atoms with van der Waals surface area (Å²) >= 11 is 1.62. The summed E-state index contributed by atoms with van der Waals surface area (Å²) in [5.74, 6) is 0.829. The summed E-state index contributed by atoms with van der Waals surface area (Å²) in [4.78, 5) is 15.7. The molecule has 5 nitrogen and oxygen atoms in total. The summed E-state index contributed by atoms with van der Waals surface area (Å²) in [6.07, 6.45) is -1.11. The van der Waals surface area contributed by atoms with Crippen molar-refractivity contribution in [1.29, 1.82) is 0 Å². The molecule has 0 saturated heterocycles. The van der Waals surface area contributed by atoms with E-state index >= 15 is 0 Å². The minimum absolute atomic E-state index is 0. The summed E-state index contributed by atoms with van der Waals surface area (Å²) in [6.45, 7) is 0. The predicted molar refractivity (Wildman–Crippen MR) is 106 cm³/mol. The molecule has 0 aliphatic heterocycles. The zero-order valence-electron chi connectivity index (χ0n) is 14.4. The van der Waals surface area contributed by atoms with Gasteiger partial charge in [0, 0.05) is 17.6 Å². The SMILES string of the molecule is CSCC[C@H](N)C(=O)Nc1ccc(Nc2ccc(C(F)(F)F)cn2)cc1.Cl. The number of amides is 1. The van der Waals surface area contributed by atoms with Crippen LogP contribution in [-0.4, -0.2) is 28.9 Å². The first-order valence-corrected chi connectivity index (χ1v) is 9.14. The number of rotatable bonds is 7. The Morgan fingerprint density at radius 3 is 2.33 bits per heavy atom. The van der Waals surface area contributed by atoms with E-state index in [9.17, 15) is 18.0 Å². The van der Waals surface area contributed by atoms with Crippen molar-refractivity contribution in [3.63, 3.8) is 0 Å². The van der Waals surface area contributed by atoms with E-state index in [1.807, 2.05) is 6.26 Å². The Hall–Kier alpha value is -1.97. The molecule has 10 heteroatoms. The van der Waals surface area contributed by atoms with E-state index in [0.29, 0.717) is 17.8 Å². The van der Waals surface area contributed by atoms with E-state index in [1.165, 1.54) is 6.07 Å². The molecule has 0 spiro atoms. The lowest BCUT2D eigenvalue weighted by molar-refractivity contribution is -0.137. The highest BCUT2D eigenvalue weighted by Crippen LogP contribution is 2.29. The molecule has 0 saturated carbocycles. The molecule has 27 heavy (non-hydrogen) atoms. The fraction of sp³-hybridized carbons (Fsp3) is 0.294. The third-order valence-corrected chi connectivity index (χ3v) is 4.13. The maximum absolute atomic E-state index is 12.5. The number of hydrogen-bond acceptors (Lipinski definition) is 5. The Labute approximate surface area is 165 Å². The summed E-state index contributed by atoms with van der Waals surface area (Å²) in [7, 11) is 0. The van der Waals surface area contributed by atoms with Crippen LogP contribution in [0.2, 0.25) is 0 Å². The molecule has 0 fully saturated rings. The quantitative estimate of drug-likeness (QED) is 0.622. The van der Waals surface area contributed by atoms with Crippen LogP contribution in [0.1, 0.15) is 12.0 Å². The molecule has 2 rings (SSSR count). The van der Waals surface area contributed by atoms with Gasteiger partial charge in [0.15, 0.2) is 0 Å². The molecule has 0 bridgehead atoms. The van der Waals surface area contributed by atoms with Gasteiger partial charge in [-0.3, -0.25) is 4.79 Å². The van der Waals surface area contributed by atoms with Crippen molar-refractivity contribution >= 4 is 47.3 Å². The maximum Gasteiger partial charge on any atom is 0.417 e. The van der Waals surface area contributed by atoms with Crippen LogP contribution in [0.25, 0.3) is 0 Å². The van der Waals surface area contributed by atoms with Crippen LogP contribution in [0.5, 0.6) is 0 Å². The summed E-state index contributed by atoms with van der Waals surface area (Å²) in [5.41, 5.74) is 6.20. The van der Waals surface area contributed by atoms with Crippen molar-refractivity contribution in [2.45, 2.75) is 18.6 Å². The number of thioether (sulfide) groups is 1. The maximum atomic E-state index is 12.5. The molecule has 0 aliphatic carbocycles. The highest BCUT2D eigenvalue weighted by atomic mass is 35.5. The van der Waals surface area contributed by atoms with Gasteiger partial charge in [0.1, 0.15) is 5.82 Å². The molecule has 0 unspecified atom stereocenters. The number of alkyl halides is 3. The van der Waals surface area contributed by atoms with E-state index in [0.717, 1.165) is 18.0 Å². The predicted octanol–water partition coefficient (Wildman–Crippen LogP) is 4.28. The average Bonchev–Trinajstić information content (AvgIpc) is 2.61. The van der Waals surface area contributed by atoms with E-state index in [4.69, 9.17) is 5.73 Å². The first-order chi connectivity index (χ1) is 12.3. The third kappa shape index (κ3) is 7.28. The van der Waals surface area contributed by atoms with Crippen LogP contribution in [0.15, 0.2) is 42.6 Å². The number of carbonyl (C=O) groups is 1. The highest BCUT2D eigenvalue weighted by molar-refractivity contribution is 7.98. The lowest BCUT2D eigenvalue weighted by Crippen LogP contribution is -2.36. The van der Waals surface area contributed by atoms with Crippen molar-refractivity contribution in [3.8, 4) is 0 Å². The smallest absolute Gasteiger partial charge is 0.340 e. The Kier molecular flexibility index (Phi) is 8.87. The lowest BCUT2D eigenvalue weighted by atomic mass is 10.2. The van der Waals surface area contributed by atoms with Gasteiger partial charge in [0.2, 0.25) is 5.91 Å². The number of nitrogens with two attached hydrogens (primary N) is 1. The first-order valence-electron chi connectivity index (χ1n) is 7.75. The molecule has 0 radical (unpaired) electrons. The third-order valence-electron chi connectivity index (χ3n) is 3.49. The Morgan fingerprint density at radius 1 is 1.19 bits per heavy atom. The lowest BCUT2D eigenvalue weighted by Gasteiger charge is -2.12. The van der Waals surface area contributed by atoms with Crippen molar-refractivity contribution in [2.75, 3.05) is 22.6 Å². The van der Waals surface area contributed by atoms with Gasteiger partial charge in [-0.05, 0) is 54.8 Å². The molecule has 4 N–H and O–H groups in total. The molecule has 2 aromatic rings. The highest BCUT2D eigenvalue weighted by Gasteiger charge is 2.30. The first kappa shape index (κ1) is 23.1. The number of pyridine rings is 1. The van der Waals surface area contributed by atoms with Gasteiger partial charge < -0.3 is 16.4 Å². The monoisotopic (exact) mass is 420 g/mol. The number of carbonyl (C=O) groups excluding carboxylic acids is 1. The van der Waals surface area contributed by atoms with E-state index in [2.05, 4.69) is 15.6 Å². The normalized spacial score (nSPS) is 12.0. The summed E-state index contributed by atoms with van der Waals surface area (Å²) in [5, 5.41) is 5.62. The van der Waals surface area contributed by atoms with Gasteiger partial charge in [-0.15, -0.1) is 12.4 Å². The fourth-order valence-corrected chi connectivity index (χ4v) is 2.52. The average molecular weight is 421 g/mol. The van der Waals surface area contributed by atoms with Crippen LogP contribution in [0.3, 0.4) is 0 Å². The van der Waals surface area contributed by atoms with Crippen molar-refractivity contribution in [2.24, 2.45) is 5.73 Å². The molecular weight excluding hydrogens is 401 g/mol. The van der Waals surface area contributed by atoms with Crippen LogP contribution in [0.4, 0.5) is 30.4 Å². The zero-order chi connectivity index (χ0) is 19.2. The largest absolute Gasteiger partial charge is 0.417 e. The molecule has 1 aromatic heterocycles. The number of anilines is 3. The van der Waals surface area contributed by atoms with E-state index < -0.39 is 17.8 Å². The Bertz CT molecular complexity index is 726. The number of hydrogen-bond donors (Lipinski definition) is 3. The standard InChI is InChI=1S/C17H19F3N4OS.ClH/c1-26-9-8-14(21)16(25)24-13-5-3-12(4-6-13)23-15-7-2-11(10-22-15)17(18,19)20;/h2-7,10,14H,8-9,21H2,1H3,(H,22,23)(H,24,25);1H/t14-;/m0./s1. The topological polar surface area (TPSA) is 80.0 Å². The number of nitrogens with one attached hydrogen (secondary N) is 2. The van der Waals surface area contributed by atoms with Crippen molar-refractivity contribution in [1.82, 2.24) is 4.98 Å². The van der Waals surface area contributed by atoms with E-state index in [1.54, 1.807) is 36.0 Å². The second-order valence-corrected chi connectivity index (χ2v) is 6.50. The van der Waals surface area contributed by atoms with Crippen LogP contribution < -0.4 is 16.4 Å². The summed E-state index contributed by atoms with van der Waals surface area (Å²) in [6, 6.07) is 8.35. The van der Waals surface area contributed by atoms with Gasteiger partial charge in [0.05, 0.1) is 11.6 Å². The molecular formula is C17H20ClF3N4OS. The Morgan fingerprint density at radius 2 is 1.81 bits per heavy atom. The van der Waals surface area contributed by atoms with Gasteiger partial charge in [-0.25, -0.2) is 4.98 Å².